The van der Waals surface area contributed by atoms with Crippen molar-refractivity contribution < 1.29 is 18.7 Å². The van der Waals surface area contributed by atoms with Crippen molar-refractivity contribution in [1.82, 2.24) is 0 Å². The number of aldehydes is 1. The molecule has 0 bridgehead atoms. The molecule has 0 spiro atoms. The van der Waals surface area contributed by atoms with Crippen LogP contribution in [0, 0.1) is 5.82 Å². The SMILES string of the molecule is COC(C)(C)CCOc1cc(F)cc(C=O)c1. The van der Waals surface area contributed by atoms with Crippen molar-refractivity contribution in [3.63, 3.8) is 0 Å². The second kappa shape index (κ2) is 5.77. The minimum atomic E-state index is -0.476. The Bertz CT molecular complexity index is 388. The smallest absolute Gasteiger partial charge is 0.150 e. The lowest BCUT2D eigenvalue weighted by atomic mass is 10.1. The van der Waals surface area contributed by atoms with E-state index in [9.17, 15) is 9.18 Å². The molecule has 0 aliphatic carbocycles. The van der Waals surface area contributed by atoms with Gasteiger partial charge in [0.15, 0.2) is 0 Å². The Balaban J connectivity index is 2.57. The number of ether oxygens (including phenoxy) is 2. The van der Waals surface area contributed by atoms with E-state index in [4.69, 9.17) is 9.47 Å². The van der Waals surface area contributed by atoms with Gasteiger partial charge in [0.05, 0.1) is 12.2 Å². The number of carbonyl (C=O) groups is 1. The molecule has 1 rings (SSSR count). The monoisotopic (exact) mass is 240 g/mol. The van der Waals surface area contributed by atoms with Crippen molar-refractivity contribution in [3.8, 4) is 5.75 Å². The van der Waals surface area contributed by atoms with Gasteiger partial charge < -0.3 is 9.47 Å². The fourth-order valence-corrected chi connectivity index (χ4v) is 1.25. The van der Waals surface area contributed by atoms with E-state index in [-0.39, 0.29) is 11.2 Å². The van der Waals surface area contributed by atoms with Gasteiger partial charge in [0, 0.05) is 25.2 Å². The van der Waals surface area contributed by atoms with Crippen LogP contribution in [-0.2, 0) is 4.74 Å². The van der Waals surface area contributed by atoms with Crippen LogP contribution in [0.15, 0.2) is 18.2 Å². The van der Waals surface area contributed by atoms with Crippen molar-refractivity contribution in [3.05, 3.63) is 29.6 Å². The van der Waals surface area contributed by atoms with Gasteiger partial charge in [-0.05, 0) is 26.0 Å². The quantitative estimate of drug-likeness (QED) is 0.717. The molecule has 0 saturated carbocycles. The van der Waals surface area contributed by atoms with Crippen LogP contribution >= 0.6 is 0 Å². The predicted molar refractivity (Wildman–Crippen MR) is 63.0 cm³/mol. The van der Waals surface area contributed by atoms with E-state index in [1.165, 1.54) is 18.2 Å². The molecule has 0 atom stereocenters. The molecule has 17 heavy (non-hydrogen) atoms. The van der Waals surface area contributed by atoms with Crippen LogP contribution in [0.1, 0.15) is 30.6 Å². The summed E-state index contributed by atoms with van der Waals surface area (Å²) in [5.74, 6) is -0.116. The fourth-order valence-electron chi connectivity index (χ4n) is 1.25. The van der Waals surface area contributed by atoms with Crippen LogP contribution in [0.3, 0.4) is 0 Å². The first-order chi connectivity index (χ1) is 7.96. The molecule has 0 N–H and O–H groups in total. The normalized spacial score (nSPS) is 11.3. The Morgan fingerprint density at radius 3 is 2.65 bits per heavy atom. The van der Waals surface area contributed by atoms with Crippen LogP contribution in [0.2, 0.25) is 0 Å². The van der Waals surface area contributed by atoms with E-state index >= 15 is 0 Å². The highest BCUT2D eigenvalue weighted by Gasteiger charge is 2.16. The van der Waals surface area contributed by atoms with E-state index in [1.807, 2.05) is 13.8 Å². The van der Waals surface area contributed by atoms with Gasteiger partial charge in [0.25, 0.3) is 0 Å². The molecule has 0 aromatic heterocycles. The van der Waals surface area contributed by atoms with Gasteiger partial charge >= 0.3 is 0 Å². The number of carbonyl (C=O) groups excluding carboxylic acids is 1. The average Bonchev–Trinajstić information content (AvgIpc) is 2.28. The zero-order valence-electron chi connectivity index (χ0n) is 10.3. The van der Waals surface area contributed by atoms with Crippen molar-refractivity contribution in [1.29, 1.82) is 0 Å². The lowest BCUT2D eigenvalue weighted by molar-refractivity contribution is 0.00543. The Labute approximate surface area is 101 Å². The molecule has 1 aromatic rings. The third-order valence-corrected chi connectivity index (χ3v) is 2.56. The van der Waals surface area contributed by atoms with E-state index in [2.05, 4.69) is 0 Å². The van der Waals surface area contributed by atoms with Crippen LogP contribution in [0.5, 0.6) is 5.75 Å². The van der Waals surface area contributed by atoms with Gasteiger partial charge in [0.1, 0.15) is 17.9 Å². The zero-order chi connectivity index (χ0) is 12.9. The zero-order valence-corrected chi connectivity index (χ0v) is 10.3. The molecule has 0 heterocycles. The number of rotatable bonds is 6. The van der Waals surface area contributed by atoms with Crippen LogP contribution < -0.4 is 4.74 Å². The fraction of sp³-hybridized carbons (Fsp3) is 0.462. The van der Waals surface area contributed by atoms with E-state index < -0.39 is 5.82 Å². The van der Waals surface area contributed by atoms with Crippen molar-refractivity contribution in [2.75, 3.05) is 13.7 Å². The van der Waals surface area contributed by atoms with Crippen LogP contribution in [0.4, 0.5) is 4.39 Å². The second-order valence-electron chi connectivity index (χ2n) is 4.40. The highest BCUT2D eigenvalue weighted by Crippen LogP contribution is 2.18. The van der Waals surface area contributed by atoms with Crippen molar-refractivity contribution in [2.24, 2.45) is 0 Å². The lowest BCUT2D eigenvalue weighted by Gasteiger charge is -2.22. The number of benzene rings is 1. The first-order valence-corrected chi connectivity index (χ1v) is 5.40. The molecule has 0 amide bonds. The molecule has 0 unspecified atom stereocenters. The summed E-state index contributed by atoms with van der Waals surface area (Å²) in [5, 5.41) is 0. The molecule has 1 aromatic carbocycles. The Morgan fingerprint density at radius 1 is 1.35 bits per heavy atom. The largest absolute Gasteiger partial charge is 0.493 e. The number of halogens is 1. The molecular formula is C13H17FO3. The van der Waals surface area contributed by atoms with Gasteiger partial charge in [-0.25, -0.2) is 4.39 Å². The Kier molecular flexibility index (Phi) is 4.63. The van der Waals surface area contributed by atoms with Gasteiger partial charge in [-0.2, -0.15) is 0 Å². The van der Waals surface area contributed by atoms with Crippen LogP contribution in [-0.4, -0.2) is 25.6 Å². The standard InChI is InChI=1S/C13H17FO3/c1-13(2,16-3)4-5-17-12-7-10(9-15)6-11(14)8-12/h6-9H,4-5H2,1-3H3. The average molecular weight is 240 g/mol. The highest BCUT2D eigenvalue weighted by atomic mass is 19.1. The predicted octanol–water partition coefficient (Wildman–Crippen LogP) is 2.83. The van der Waals surface area contributed by atoms with E-state index in [0.29, 0.717) is 25.1 Å². The van der Waals surface area contributed by atoms with Gasteiger partial charge in [-0.1, -0.05) is 0 Å². The maximum atomic E-state index is 13.1. The third kappa shape index (κ3) is 4.53. The lowest BCUT2D eigenvalue weighted by Crippen LogP contribution is -2.25. The summed E-state index contributed by atoms with van der Waals surface area (Å²) < 4.78 is 23.7. The van der Waals surface area contributed by atoms with Crippen LogP contribution in [0.25, 0.3) is 0 Å². The second-order valence-corrected chi connectivity index (χ2v) is 4.40. The molecule has 0 aliphatic heterocycles. The summed E-state index contributed by atoms with van der Waals surface area (Å²) in [6.45, 7) is 4.29. The molecule has 0 fully saturated rings. The van der Waals surface area contributed by atoms with Gasteiger partial charge in [-0.3, -0.25) is 4.79 Å². The van der Waals surface area contributed by atoms with Crippen molar-refractivity contribution in [2.45, 2.75) is 25.9 Å². The molecular weight excluding hydrogens is 223 g/mol. The Hall–Kier alpha value is -1.42. The summed E-state index contributed by atoms with van der Waals surface area (Å²) in [6.07, 6.45) is 1.27. The van der Waals surface area contributed by atoms with Gasteiger partial charge in [-0.15, -0.1) is 0 Å². The molecule has 0 aliphatic rings. The topological polar surface area (TPSA) is 35.5 Å². The molecule has 0 radical (unpaired) electrons. The van der Waals surface area contributed by atoms with Crippen molar-refractivity contribution >= 4 is 6.29 Å². The highest BCUT2D eigenvalue weighted by molar-refractivity contribution is 5.75. The minimum Gasteiger partial charge on any atom is -0.493 e. The molecule has 0 saturated heterocycles. The summed E-state index contributed by atoms with van der Waals surface area (Å²) >= 11 is 0. The molecule has 94 valence electrons. The maximum Gasteiger partial charge on any atom is 0.150 e. The summed E-state index contributed by atoms with van der Waals surface area (Å²) in [5.41, 5.74) is -0.00752. The summed E-state index contributed by atoms with van der Waals surface area (Å²) in [4.78, 5) is 10.5. The maximum absolute atomic E-state index is 13.1. The summed E-state index contributed by atoms with van der Waals surface area (Å²) in [7, 11) is 1.63. The third-order valence-electron chi connectivity index (χ3n) is 2.56. The van der Waals surface area contributed by atoms with Gasteiger partial charge in [0.2, 0.25) is 0 Å². The first kappa shape index (κ1) is 13.6. The number of hydrogen-bond acceptors (Lipinski definition) is 3. The van der Waals surface area contributed by atoms with E-state index in [1.54, 1.807) is 7.11 Å². The number of hydrogen-bond donors (Lipinski definition) is 0. The minimum absolute atomic E-state index is 0.269. The molecule has 4 heteroatoms. The molecule has 3 nitrogen and oxygen atoms in total. The first-order valence-electron chi connectivity index (χ1n) is 5.40. The van der Waals surface area contributed by atoms with E-state index in [0.717, 1.165) is 0 Å². The Morgan fingerprint density at radius 2 is 2.06 bits per heavy atom. The number of methoxy groups -OCH3 is 1. The summed E-state index contributed by atoms with van der Waals surface area (Å²) in [6, 6.07) is 3.93.